The predicted octanol–water partition coefficient (Wildman–Crippen LogP) is 1.24. The number of piperidine rings is 1. The Morgan fingerprint density at radius 3 is 2.44 bits per heavy atom. The van der Waals surface area contributed by atoms with Crippen molar-refractivity contribution in [3.63, 3.8) is 0 Å². The molecule has 2 amide bonds. The van der Waals surface area contributed by atoms with Gasteiger partial charge in [-0.25, -0.2) is 0 Å². The molecule has 1 aromatic carbocycles. The van der Waals surface area contributed by atoms with Gasteiger partial charge in [0.15, 0.2) is 0 Å². The first-order valence-electron chi connectivity index (χ1n) is 8.96. The standard InChI is InChI=1S/C19H25N5O2.ClH/c1-15-3-5-16(6-4-15)17(25)21-12-13-22-18(26)19(7-10-20-11-8-19)24-14-2-9-23-24;/h2-6,9,14,20H,7-8,10-13H2,1H3,(H,21,25)(H,22,26);1H. The molecule has 3 rings (SSSR count). The molecule has 0 bridgehead atoms. The summed E-state index contributed by atoms with van der Waals surface area (Å²) in [5.74, 6) is -0.185. The fraction of sp³-hybridized carbons (Fsp3) is 0.421. The SMILES string of the molecule is Cc1ccc(C(=O)NCCNC(=O)C2(n3cccn3)CCNCC2)cc1.Cl. The number of carbonyl (C=O) groups is 2. The van der Waals surface area contributed by atoms with Gasteiger partial charge in [0.05, 0.1) is 0 Å². The second-order valence-electron chi connectivity index (χ2n) is 6.61. The lowest BCUT2D eigenvalue weighted by molar-refractivity contribution is -0.131. The van der Waals surface area contributed by atoms with Gasteiger partial charge in [0.25, 0.3) is 5.91 Å². The van der Waals surface area contributed by atoms with E-state index in [0.717, 1.165) is 18.7 Å². The van der Waals surface area contributed by atoms with Crippen LogP contribution in [0.5, 0.6) is 0 Å². The van der Waals surface area contributed by atoms with E-state index in [-0.39, 0.29) is 24.2 Å². The molecule has 7 nitrogen and oxygen atoms in total. The highest BCUT2D eigenvalue weighted by Crippen LogP contribution is 2.26. The lowest BCUT2D eigenvalue weighted by Gasteiger charge is -2.36. The van der Waals surface area contributed by atoms with Crippen LogP contribution in [0.1, 0.15) is 28.8 Å². The molecule has 0 spiro atoms. The first-order valence-corrected chi connectivity index (χ1v) is 8.96. The van der Waals surface area contributed by atoms with Crippen LogP contribution in [0.15, 0.2) is 42.7 Å². The quantitative estimate of drug-likeness (QED) is 0.646. The highest BCUT2D eigenvalue weighted by atomic mass is 35.5. The molecule has 3 N–H and O–H groups in total. The zero-order valence-corrected chi connectivity index (χ0v) is 16.2. The molecule has 1 fully saturated rings. The van der Waals surface area contributed by atoms with Gasteiger partial charge in [-0.1, -0.05) is 17.7 Å². The summed E-state index contributed by atoms with van der Waals surface area (Å²) in [6.07, 6.45) is 4.91. The maximum absolute atomic E-state index is 12.9. The summed E-state index contributed by atoms with van der Waals surface area (Å²) in [6, 6.07) is 9.23. The number of benzene rings is 1. The van der Waals surface area contributed by atoms with Crippen molar-refractivity contribution in [1.29, 1.82) is 0 Å². The fourth-order valence-electron chi connectivity index (χ4n) is 3.25. The third kappa shape index (κ3) is 4.87. The fourth-order valence-corrected chi connectivity index (χ4v) is 3.25. The predicted molar refractivity (Wildman–Crippen MR) is 106 cm³/mol. The highest BCUT2D eigenvalue weighted by Gasteiger charge is 2.41. The van der Waals surface area contributed by atoms with Gasteiger partial charge in [-0.3, -0.25) is 14.3 Å². The van der Waals surface area contributed by atoms with Crippen LogP contribution in [0.2, 0.25) is 0 Å². The average molecular weight is 392 g/mol. The molecule has 27 heavy (non-hydrogen) atoms. The summed E-state index contributed by atoms with van der Waals surface area (Å²) in [7, 11) is 0. The second kappa shape index (κ2) is 9.53. The molecule has 1 aromatic heterocycles. The third-order valence-corrected chi connectivity index (χ3v) is 4.81. The smallest absolute Gasteiger partial charge is 0.251 e. The van der Waals surface area contributed by atoms with E-state index < -0.39 is 5.54 Å². The Kier molecular flexibility index (Phi) is 7.38. The first kappa shape index (κ1) is 20.9. The summed E-state index contributed by atoms with van der Waals surface area (Å²) in [5.41, 5.74) is 1.07. The Balaban J connectivity index is 0.00000261. The number of nitrogens with zero attached hydrogens (tertiary/aromatic N) is 2. The zero-order chi connectivity index (χ0) is 18.4. The summed E-state index contributed by atoms with van der Waals surface area (Å²) >= 11 is 0. The molecule has 2 heterocycles. The van der Waals surface area contributed by atoms with Crippen LogP contribution < -0.4 is 16.0 Å². The Hall–Kier alpha value is -2.38. The summed E-state index contributed by atoms with van der Waals surface area (Å²) in [5, 5.41) is 13.4. The van der Waals surface area contributed by atoms with Gasteiger partial charge in [-0.15, -0.1) is 12.4 Å². The van der Waals surface area contributed by atoms with E-state index in [1.54, 1.807) is 23.0 Å². The van der Waals surface area contributed by atoms with Crippen LogP contribution in [-0.2, 0) is 10.3 Å². The van der Waals surface area contributed by atoms with E-state index in [1.807, 2.05) is 31.3 Å². The second-order valence-corrected chi connectivity index (χ2v) is 6.61. The molecule has 2 aromatic rings. The Morgan fingerprint density at radius 2 is 1.81 bits per heavy atom. The van der Waals surface area contributed by atoms with Crippen molar-refractivity contribution in [1.82, 2.24) is 25.7 Å². The molecular formula is C19H26ClN5O2. The lowest BCUT2D eigenvalue weighted by Crippen LogP contribution is -2.55. The van der Waals surface area contributed by atoms with Gasteiger partial charge in [0, 0.05) is 31.0 Å². The van der Waals surface area contributed by atoms with Crippen LogP contribution in [0.25, 0.3) is 0 Å². The normalized spacial score (nSPS) is 15.4. The van der Waals surface area contributed by atoms with Crippen LogP contribution in [0.4, 0.5) is 0 Å². The number of aryl methyl sites for hydroxylation is 1. The monoisotopic (exact) mass is 391 g/mol. The van der Waals surface area contributed by atoms with E-state index in [0.29, 0.717) is 31.5 Å². The summed E-state index contributed by atoms with van der Waals surface area (Å²) in [4.78, 5) is 25.0. The molecule has 0 saturated carbocycles. The number of amides is 2. The van der Waals surface area contributed by atoms with E-state index in [1.165, 1.54) is 0 Å². The largest absolute Gasteiger partial charge is 0.352 e. The Labute approximate surface area is 165 Å². The van der Waals surface area contributed by atoms with E-state index in [4.69, 9.17) is 0 Å². The maximum Gasteiger partial charge on any atom is 0.251 e. The molecule has 8 heteroatoms. The van der Waals surface area contributed by atoms with E-state index in [9.17, 15) is 9.59 Å². The average Bonchev–Trinajstić information content (AvgIpc) is 3.21. The van der Waals surface area contributed by atoms with Crippen molar-refractivity contribution in [2.24, 2.45) is 0 Å². The van der Waals surface area contributed by atoms with Crippen LogP contribution in [0, 0.1) is 6.92 Å². The Morgan fingerprint density at radius 1 is 1.15 bits per heavy atom. The van der Waals surface area contributed by atoms with Gasteiger partial charge in [-0.05, 0) is 51.1 Å². The summed E-state index contributed by atoms with van der Waals surface area (Å²) < 4.78 is 1.76. The minimum Gasteiger partial charge on any atom is -0.352 e. The van der Waals surface area contributed by atoms with Crippen molar-refractivity contribution >= 4 is 24.2 Å². The molecule has 146 valence electrons. The molecular weight excluding hydrogens is 366 g/mol. The van der Waals surface area contributed by atoms with Gasteiger partial charge in [0.2, 0.25) is 5.91 Å². The van der Waals surface area contributed by atoms with Crippen molar-refractivity contribution in [2.75, 3.05) is 26.2 Å². The number of carbonyl (C=O) groups excluding carboxylic acids is 2. The molecule has 0 atom stereocenters. The van der Waals surface area contributed by atoms with Crippen molar-refractivity contribution in [2.45, 2.75) is 25.3 Å². The van der Waals surface area contributed by atoms with Crippen LogP contribution in [-0.4, -0.2) is 47.8 Å². The van der Waals surface area contributed by atoms with Crippen LogP contribution in [0.3, 0.4) is 0 Å². The summed E-state index contributed by atoms with van der Waals surface area (Å²) in [6.45, 7) is 4.29. The van der Waals surface area contributed by atoms with Gasteiger partial charge >= 0.3 is 0 Å². The minimum absolute atomic E-state index is 0. The number of rotatable bonds is 6. The van der Waals surface area contributed by atoms with Gasteiger partial charge in [-0.2, -0.15) is 5.10 Å². The van der Waals surface area contributed by atoms with Crippen molar-refractivity contribution in [3.05, 3.63) is 53.9 Å². The highest BCUT2D eigenvalue weighted by molar-refractivity contribution is 5.94. The molecule has 0 unspecified atom stereocenters. The molecule has 1 saturated heterocycles. The minimum atomic E-state index is -0.657. The van der Waals surface area contributed by atoms with E-state index in [2.05, 4.69) is 21.0 Å². The molecule has 0 radical (unpaired) electrons. The topological polar surface area (TPSA) is 88.1 Å². The number of halogens is 1. The number of nitrogens with one attached hydrogen (secondary N) is 3. The van der Waals surface area contributed by atoms with Crippen molar-refractivity contribution in [3.8, 4) is 0 Å². The first-order chi connectivity index (χ1) is 12.6. The Bertz CT molecular complexity index is 740. The lowest BCUT2D eigenvalue weighted by atomic mass is 9.87. The van der Waals surface area contributed by atoms with Crippen LogP contribution >= 0.6 is 12.4 Å². The third-order valence-electron chi connectivity index (χ3n) is 4.81. The van der Waals surface area contributed by atoms with Gasteiger partial charge < -0.3 is 16.0 Å². The number of aromatic nitrogens is 2. The zero-order valence-electron chi connectivity index (χ0n) is 15.4. The number of hydrogen-bond donors (Lipinski definition) is 3. The molecule has 1 aliphatic heterocycles. The molecule has 0 aliphatic carbocycles. The maximum atomic E-state index is 12.9. The number of hydrogen-bond acceptors (Lipinski definition) is 4. The van der Waals surface area contributed by atoms with Gasteiger partial charge in [0.1, 0.15) is 5.54 Å². The van der Waals surface area contributed by atoms with Crippen molar-refractivity contribution < 1.29 is 9.59 Å². The molecule has 1 aliphatic rings. The van der Waals surface area contributed by atoms with E-state index >= 15 is 0 Å².